The summed E-state index contributed by atoms with van der Waals surface area (Å²) in [7, 11) is 3.54. The normalized spacial score (nSPS) is 10.1. The second kappa shape index (κ2) is 3.54. The highest BCUT2D eigenvalue weighted by molar-refractivity contribution is 5.96. The molecule has 2 rings (SSSR count). The maximum absolute atomic E-state index is 5.25. The van der Waals surface area contributed by atoms with E-state index in [1.165, 1.54) is 0 Å². The van der Waals surface area contributed by atoms with Crippen LogP contribution in [0.3, 0.4) is 0 Å². The van der Waals surface area contributed by atoms with Crippen LogP contribution in [0.4, 0.5) is 5.69 Å². The molecule has 0 radical (unpaired) electrons. The summed E-state index contributed by atoms with van der Waals surface area (Å²) in [6, 6.07) is 5.96. The van der Waals surface area contributed by atoms with Crippen LogP contribution in [0.5, 0.6) is 5.75 Å². The first-order valence-electron chi connectivity index (χ1n) is 4.45. The van der Waals surface area contributed by atoms with Crippen LogP contribution in [-0.2, 0) is 0 Å². The van der Waals surface area contributed by atoms with Crippen LogP contribution in [0.2, 0.25) is 0 Å². The molecule has 72 valence electrons. The fourth-order valence-electron chi connectivity index (χ4n) is 1.57. The minimum absolute atomic E-state index is 0.841. The number of methoxy groups -OCH3 is 1. The van der Waals surface area contributed by atoms with Crippen molar-refractivity contribution in [2.45, 2.75) is 0 Å². The van der Waals surface area contributed by atoms with Crippen molar-refractivity contribution in [1.82, 2.24) is 4.98 Å². The fourth-order valence-corrected chi connectivity index (χ4v) is 1.57. The average Bonchev–Trinajstić information content (AvgIpc) is 2.27. The van der Waals surface area contributed by atoms with E-state index in [1.807, 2.05) is 31.4 Å². The van der Waals surface area contributed by atoms with E-state index in [-0.39, 0.29) is 0 Å². The number of benzene rings is 1. The van der Waals surface area contributed by atoms with Gasteiger partial charge in [0.15, 0.2) is 0 Å². The van der Waals surface area contributed by atoms with Crippen molar-refractivity contribution >= 4 is 16.5 Å². The number of pyridine rings is 1. The number of anilines is 1. The van der Waals surface area contributed by atoms with Gasteiger partial charge in [0.05, 0.1) is 12.8 Å². The van der Waals surface area contributed by atoms with E-state index < -0.39 is 0 Å². The second-order valence-electron chi connectivity index (χ2n) is 2.99. The lowest BCUT2D eigenvalue weighted by Crippen LogP contribution is -1.94. The van der Waals surface area contributed by atoms with Crippen molar-refractivity contribution in [2.75, 3.05) is 19.5 Å². The minimum atomic E-state index is 0.841. The highest BCUT2D eigenvalue weighted by Gasteiger charge is 2.05. The molecule has 0 bridgehead atoms. The van der Waals surface area contributed by atoms with Crippen molar-refractivity contribution in [3.05, 3.63) is 30.6 Å². The lowest BCUT2D eigenvalue weighted by Gasteiger charge is -2.10. The molecule has 1 heterocycles. The molecule has 1 aromatic carbocycles. The summed E-state index contributed by atoms with van der Waals surface area (Å²) in [6.45, 7) is 0. The Labute approximate surface area is 82.7 Å². The van der Waals surface area contributed by atoms with Crippen molar-refractivity contribution in [3.8, 4) is 5.75 Å². The number of rotatable bonds is 2. The van der Waals surface area contributed by atoms with Crippen molar-refractivity contribution in [3.63, 3.8) is 0 Å². The number of nitrogens with zero attached hydrogens (tertiary/aromatic N) is 1. The third kappa shape index (κ3) is 1.27. The molecule has 2 aromatic rings. The molecule has 0 saturated heterocycles. The summed E-state index contributed by atoms with van der Waals surface area (Å²) in [4.78, 5) is 4.10. The van der Waals surface area contributed by atoms with E-state index >= 15 is 0 Å². The van der Waals surface area contributed by atoms with E-state index in [4.69, 9.17) is 4.74 Å². The fraction of sp³-hybridized carbons (Fsp3) is 0.182. The third-order valence-corrected chi connectivity index (χ3v) is 2.25. The topological polar surface area (TPSA) is 34.1 Å². The first-order valence-corrected chi connectivity index (χ1v) is 4.45. The zero-order valence-corrected chi connectivity index (χ0v) is 8.24. The lowest BCUT2D eigenvalue weighted by atomic mass is 10.1. The smallest absolute Gasteiger partial charge is 0.142 e. The summed E-state index contributed by atoms with van der Waals surface area (Å²) in [5, 5.41) is 5.36. The van der Waals surface area contributed by atoms with Crippen molar-refractivity contribution < 1.29 is 4.74 Å². The third-order valence-electron chi connectivity index (χ3n) is 2.25. The first kappa shape index (κ1) is 8.81. The number of fused-ring (bicyclic) bond motifs is 1. The molecule has 3 nitrogen and oxygen atoms in total. The molecule has 0 saturated carbocycles. The Hall–Kier alpha value is -1.77. The Kier molecular flexibility index (Phi) is 2.23. The highest BCUT2D eigenvalue weighted by Crippen LogP contribution is 2.31. The Morgan fingerprint density at radius 1 is 1.29 bits per heavy atom. The van der Waals surface area contributed by atoms with Crippen LogP contribution in [0.25, 0.3) is 10.8 Å². The largest absolute Gasteiger partial charge is 0.495 e. The van der Waals surface area contributed by atoms with Gasteiger partial charge in [-0.3, -0.25) is 4.98 Å². The van der Waals surface area contributed by atoms with Crippen LogP contribution in [0.1, 0.15) is 0 Å². The molecule has 0 fully saturated rings. The molecule has 0 aliphatic carbocycles. The van der Waals surface area contributed by atoms with Gasteiger partial charge in [-0.2, -0.15) is 0 Å². The lowest BCUT2D eigenvalue weighted by molar-refractivity contribution is 0.417. The number of nitrogens with one attached hydrogen (secondary N) is 1. The highest BCUT2D eigenvalue weighted by atomic mass is 16.5. The van der Waals surface area contributed by atoms with E-state index in [0.29, 0.717) is 0 Å². The first-order chi connectivity index (χ1) is 6.86. The van der Waals surface area contributed by atoms with Gasteiger partial charge in [0.2, 0.25) is 0 Å². The van der Waals surface area contributed by atoms with Gasteiger partial charge in [0.1, 0.15) is 5.75 Å². The van der Waals surface area contributed by atoms with Crippen molar-refractivity contribution in [1.29, 1.82) is 0 Å². The monoisotopic (exact) mass is 188 g/mol. The summed E-state index contributed by atoms with van der Waals surface area (Å²) in [5.41, 5.74) is 0.984. The maximum atomic E-state index is 5.25. The molecule has 0 spiro atoms. The van der Waals surface area contributed by atoms with Gasteiger partial charge in [-0.05, 0) is 17.5 Å². The second-order valence-corrected chi connectivity index (χ2v) is 2.99. The predicted octanol–water partition coefficient (Wildman–Crippen LogP) is 2.29. The van der Waals surface area contributed by atoms with E-state index in [9.17, 15) is 0 Å². The van der Waals surface area contributed by atoms with Crippen LogP contribution >= 0.6 is 0 Å². The van der Waals surface area contributed by atoms with E-state index in [2.05, 4.69) is 10.3 Å². The van der Waals surface area contributed by atoms with Crippen LogP contribution in [0.15, 0.2) is 30.6 Å². The average molecular weight is 188 g/mol. The van der Waals surface area contributed by atoms with E-state index in [1.54, 1.807) is 13.3 Å². The molecule has 0 unspecified atom stereocenters. The zero-order chi connectivity index (χ0) is 9.97. The summed E-state index contributed by atoms with van der Waals surface area (Å²) >= 11 is 0. The van der Waals surface area contributed by atoms with Crippen LogP contribution < -0.4 is 10.1 Å². The Bertz CT molecular complexity index is 454. The van der Waals surface area contributed by atoms with Gasteiger partial charge in [-0.15, -0.1) is 0 Å². The quantitative estimate of drug-likeness (QED) is 0.785. The number of hydrogen-bond acceptors (Lipinski definition) is 3. The molecule has 1 aromatic heterocycles. The number of ether oxygens (including phenoxy) is 1. The summed E-state index contributed by atoms with van der Waals surface area (Å²) < 4.78 is 5.25. The molecule has 14 heavy (non-hydrogen) atoms. The standard InChI is InChI=1S/C11H12N2O/c1-12-11-9-7-13-6-5-8(9)3-4-10(11)14-2/h3-7,12H,1-2H3. The summed E-state index contributed by atoms with van der Waals surface area (Å²) in [6.07, 6.45) is 3.62. The molecule has 1 N–H and O–H groups in total. The minimum Gasteiger partial charge on any atom is -0.495 e. The van der Waals surface area contributed by atoms with Gasteiger partial charge in [0.25, 0.3) is 0 Å². The van der Waals surface area contributed by atoms with E-state index in [0.717, 1.165) is 22.2 Å². The number of aromatic nitrogens is 1. The molecule has 0 aliphatic rings. The molecular formula is C11H12N2O. The molecular weight excluding hydrogens is 176 g/mol. The van der Waals surface area contributed by atoms with Gasteiger partial charge >= 0.3 is 0 Å². The zero-order valence-electron chi connectivity index (χ0n) is 8.24. The molecule has 0 amide bonds. The van der Waals surface area contributed by atoms with Crippen LogP contribution in [-0.4, -0.2) is 19.1 Å². The summed E-state index contributed by atoms with van der Waals surface area (Å²) in [5.74, 6) is 0.841. The van der Waals surface area contributed by atoms with Gasteiger partial charge in [0, 0.05) is 24.8 Å². The van der Waals surface area contributed by atoms with Gasteiger partial charge in [-0.1, -0.05) is 6.07 Å². The SMILES string of the molecule is CNc1c(OC)ccc2ccncc12. The van der Waals surface area contributed by atoms with Crippen LogP contribution in [0, 0.1) is 0 Å². The van der Waals surface area contributed by atoms with Gasteiger partial charge < -0.3 is 10.1 Å². The molecule has 0 atom stereocenters. The maximum Gasteiger partial charge on any atom is 0.142 e. The Morgan fingerprint density at radius 3 is 2.86 bits per heavy atom. The van der Waals surface area contributed by atoms with Gasteiger partial charge in [-0.25, -0.2) is 0 Å². The Balaban J connectivity index is 2.77. The Morgan fingerprint density at radius 2 is 2.14 bits per heavy atom. The predicted molar refractivity (Wildman–Crippen MR) is 57.8 cm³/mol. The molecule has 0 aliphatic heterocycles. The number of hydrogen-bond donors (Lipinski definition) is 1. The molecule has 3 heteroatoms. The van der Waals surface area contributed by atoms with Crippen molar-refractivity contribution in [2.24, 2.45) is 0 Å².